The number of amides is 2. The summed E-state index contributed by atoms with van der Waals surface area (Å²) in [6, 6.07) is 12.6. The van der Waals surface area contributed by atoms with Gasteiger partial charge < -0.3 is 15.0 Å². The van der Waals surface area contributed by atoms with E-state index in [1.165, 1.54) is 36.3 Å². The largest absolute Gasteiger partial charge is 0.497 e. The summed E-state index contributed by atoms with van der Waals surface area (Å²) in [5.74, 6) is -0.185. The summed E-state index contributed by atoms with van der Waals surface area (Å²) in [7, 11) is -2.06. The third-order valence-electron chi connectivity index (χ3n) is 4.81. The van der Waals surface area contributed by atoms with Gasteiger partial charge in [0, 0.05) is 23.7 Å². The second-order valence-electron chi connectivity index (χ2n) is 6.66. The van der Waals surface area contributed by atoms with Crippen LogP contribution in [0.2, 0.25) is 5.02 Å². The van der Waals surface area contributed by atoms with Gasteiger partial charge in [-0.3, -0.25) is 9.59 Å². The molecule has 1 fully saturated rings. The Morgan fingerprint density at radius 2 is 1.93 bits per heavy atom. The van der Waals surface area contributed by atoms with E-state index in [2.05, 4.69) is 5.32 Å². The van der Waals surface area contributed by atoms with E-state index in [0.717, 1.165) is 0 Å². The Morgan fingerprint density at radius 3 is 2.62 bits per heavy atom. The normalized spacial score (nSPS) is 16.5. The molecule has 1 saturated heterocycles. The average Bonchev–Trinajstić information content (AvgIpc) is 3.23. The second-order valence-corrected chi connectivity index (χ2v) is 9.33. The van der Waals surface area contributed by atoms with E-state index in [4.69, 9.17) is 16.3 Å². The van der Waals surface area contributed by atoms with Gasteiger partial charge in [0.1, 0.15) is 5.75 Å². The monoisotopic (exact) mass is 436 g/mol. The van der Waals surface area contributed by atoms with Crippen molar-refractivity contribution in [3.63, 3.8) is 0 Å². The molecule has 1 atom stereocenters. The lowest BCUT2D eigenvalue weighted by Gasteiger charge is -2.17. The molecule has 154 valence electrons. The van der Waals surface area contributed by atoms with Crippen LogP contribution in [0.15, 0.2) is 53.4 Å². The van der Waals surface area contributed by atoms with Crippen LogP contribution in [-0.2, 0) is 14.6 Å². The first-order valence-electron chi connectivity index (χ1n) is 9.01. The number of nitrogens with zero attached hydrogens (tertiary/aromatic N) is 1. The van der Waals surface area contributed by atoms with Crippen molar-refractivity contribution < 1.29 is 22.7 Å². The molecule has 0 saturated carbocycles. The molecule has 2 amide bonds. The SMILES string of the molecule is COc1cccc(C(=O)NCC(=O)N2CCC(S(=O)(=O)c3ccc(Cl)cc3)C2)c1. The molecule has 1 aliphatic heterocycles. The van der Waals surface area contributed by atoms with Gasteiger partial charge in [-0.15, -0.1) is 0 Å². The summed E-state index contributed by atoms with van der Waals surface area (Å²) < 4.78 is 30.6. The zero-order chi connectivity index (χ0) is 21.0. The first-order chi connectivity index (χ1) is 13.8. The van der Waals surface area contributed by atoms with Crippen LogP contribution in [0.25, 0.3) is 0 Å². The highest BCUT2D eigenvalue weighted by atomic mass is 35.5. The lowest BCUT2D eigenvalue weighted by atomic mass is 10.2. The van der Waals surface area contributed by atoms with E-state index < -0.39 is 21.0 Å². The van der Waals surface area contributed by atoms with Crippen molar-refractivity contribution in [2.24, 2.45) is 0 Å². The van der Waals surface area contributed by atoms with Crippen LogP contribution in [0.1, 0.15) is 16.8 Å². The predicted octanol–water partition coefficient (Wildman–Crippen LogP) is 2.15. The Hall–Kier alpha value is -2.58. The molecule has 0 radical (unpaired) electrons. The zero-order valence-electron chi connectivity index (χ0n) is 15.8. The molecule has 9 heteroatoms. The number of ether oxygens (including phenoxy) is 1. The fraction of sp³-hybridized carbons (Fsp3) is 0.300. The van der Waals surface area contributed by atoms with E-state index in [9.17, 15) is 18.0 Å². The van der Waals surface area contributed by atoms with E-state index in [0.29, 0.717) is 29.3 Å². The molecular weight excluding hydrogens is 416 g/mol. The van der Waals surface area contributed by atoms with Crippen LogP contribution >= 0.6 is 11.6 Å². The minimum Gasteiger partial charge on any atom is -0.497 e. The van der Waals surface area contributed by atoms with Gasteiger partial charge in [0.15, 0.2) is 9.84 Å². The summed E-state index contributed by atoms with van der Waals surface area (Å²) in [5, 5.41) is 2.35. The molecule has 1 heterocycles. The number of benzene rings is 2. The zero-order valence-corrected chi connectivity index (χ0v) is 17.4. The summed E-state index contributed by atoms with van der Waals surface area (Å²) in [4.78, 5) is 26.3. The fourth-order valence-electron chi connectivity index (χ4n) is 3.16. The van der Waals surface area contributed by atoms with Gasteiger partial charge in [-0.2, -0.15) is 0 Å². The highest BCUT2D eigenvalue weighted by Crippen LogP contribution is 2.25. The Balaban J connectivity index is 1.57. The number of hydrogen-bond acceptors (Lipinski definition) is 5. The third kappa shape index (κ3) is 4.89. The van der Waals surface area contributed by atoms with Crippen molar-refractivity contribution in [2.75, 3.05) is 26.7 Å². The van der Waals surface area contributed by atoms with Gasteiger partial charge in [0.25, 0.3) is 5.91 Å². The third-order valence-corrected chi connectivity index (χ3v) is 7.25. The summed E-state index contributed by atoms with van der Waals surface area (Å²) in [6.07, 6.45) is 0.348. The Kier molecular flexibility index (Phi) is 6.44. The van der Waals surface area contributed by atoms with Crippen molar-refractivity contribution in [2.45, 2.75) is 16.6 Å². The Labute approximate surface area is 174 Å². The number of rotatable bonds is 6. The molecule has 7 nitrogen and oxygen atoms in total. The maximum Gasteiger partial charge on any atom is 0.251 e. The molecule has 0 bridgehead atoms. The predicted molar refractivity (Wildman–Crippen MR) is 109 cm³/mol. The Bertz CT molecular complexity index is 1010. The standard InChI is InChI=1S/C20H21ClN2O5S/c1-28-16-4-2-3-14(11-16)20(25)22-12-19(24)23-10-9-18(13-23)29(26,27)17-7-5-15(21)6-8-17/h2-8,11,18H,9-10,12-13H2,1H3,(H,22,25). The second kappa shape index (κ2) is 8.84. The van der Waals surface area contributed by atoms with Crippen LogP contribution in [0.3, 0.4) is 0 Å². The molecule has 3 rings (SSSR count). The van der Waals surface area contributed by atoms with E-state index in [1.54, 1.807) is 24.3 Å². The van der Waals surface area contributed by atoms with Crippen LogP contribution < -0.4 is 10.1 Å². The van der Waals surface area contributed by atoms with Crippen molar-refractivity contribution in [1.29, 1.82) is 0 Å². The molecule has 0 aliphatic carbocycles. The highest BCUT2D eigenvalue weighted by Gasteiger charge is 2.36. The molecule has 1 unspecified atom stereocenters. The van der Waals surface area contributed by atoms with Crippen molar-refractivity contribution in [3.05, 3.63) is 59.1 Å². The lowest BCUT2D eigenvalue weighted by molar-refractivity contribution is -0.129. The lowest BCUT2D eigenvalue weighted by Crippen LogP contribution is -2.40. The molecule has 1 N–H and O–H groups in total. The number of carbonyl (C=O) groups is 2. The van der Waals surface area contributed by atoms with Gasteiger partial charge in [-0.05, 0) is 48.9 Å². The van der Waals surface area contributed by atoms with Gasteiger partial charge in [0.2, 0.25) is 5.91 Å². The van der Waals surface area contributed by atoms with Gasteiger partial charge in [-0.25, -0.2) is 8.42 Å². The number of nitrogens with one attached hydrogen (secondary N) is 1. The van der Waals surface area contributed by atoms with Gasteiger partial charge in [-0.1, -0.05) is 17.7 Å². The molecular formula is C20H21ClN2O5S. The summed E-state index contributed by atoms with van der Waals surface area (Å²) in [6.45, 7) is 0.216. The molecule has 2 aromatic rings. The van der Waals surface area contributed by atoms with Gasteiger partial charge >= 0.3 is 0 Å². The number of halogens is 1. The number of methoxy groups -OCH3 is 1. The molecule has 1 aliphatic rings. The maximum absolute atomic E-state index is 12.8. The fourth-order valence-corrected chi connectivity index (χ4v) is 4.98. The van der Waals surface area contributed by atoms with Crippen LogP contribution in [0.4, 0.5) is 0 Å². The van der Waals surface area contributed by atoms with Crippen molar-refractivity contribution >= 4 is 33.3 Å². The first-order valence-corrected chi connectivity index (χ1v) is 10.9. The quantitative estimate of drug-likeness (QED) is 0.749. The molecule has 0 spiro atoms. The Morgan fingerprint density at radius 1 is 1.21 bits per heavy atom. The van der Waals surface area contributed by atoms with Crippen molar-refractivity contribution in [1.82, 2.24) is 10.2 Å². The average molecular weight is 437 g/mol. The summed E-state index contributed by atoms with van der Waals surface area (Å²) in [5.41, 5.74) is 0.377. The molecule has 2 aromatic carbocycles. The maximum atomic E-state index is 12.8. The molecule has 0 aromatic heterocycles. The smallest absolute Gasteiger partial charge is 0.251 e. The highest BCUT2D eigenvalue weighted by molar-refractivity contribution is 7.92. The van der Waals surface area contributed by atoms with Gasteiger partial charge in [0.05, 0.1) is 23.8 Å². The minimum absolute atomic E-state index is 0.0961. The van der Waals surface area contributed by atoms with Crippen LogP contribution in [-0.4, -0.2) is 57.1 Å². The number of likely N-dealkylation sites (tertiary alicyclic amines) is 1. The minimum atomic E-state index is -3.56. The van der Waals surface area contributed by atoms with Crippen molar-refractivity contribution in [3.8, 4) is 5.75 Å². The van der Waals surface area contributed by atoms with E-state index in [-0.39, 0.29) is 23.9 Å². The number of hydrogen-bond donors (Lipinski definition) is 1. The number of carbonyl (C=O) groups excluding carboxylic acids is 2. The topological polar surface area (TPSA) is 92.8 Å². The van der Waals surface area contributed by atoms with E-state index in [1.807, 2.05) is 0 Å². The first kappa shape index (κ1) is 21.1. The molecule has 29 heavy (non-hydrogen) atoms. The summed E-state index contributed by atoms with van der Waals surface area (Å²) >= 11 is 5.82. The van der Waals surface area contributed by atoms with Crippen LogP contribution in [0, 0.1) is 0 Å². The number of sulfone groups is 1. The van der Waals surface area contributed by atoms with E-state index >= 15 is 0 Å². The van der Waals surface area contributed by atoms with Crippen LogP contribution in [0.5, 0.6) is 5.75 Å².